The molecular weight excluding hydrogens is 332 g/mol. The van der Waals surface area contributed by atoms with Gasteiger partial charge >= 0.3 is 0 Å². The topological polar surface area (TPSA) is 76.0 Å². The third-order valence-corrected chi connectivity index (χ3v) is 11.7. The van der Waals surface area contributed by atoms with Crippen molar-refractivity contribution in [2.45, 2.75) is 83.2 Å². The summed E-state index contributed by atoms with van der Waals surface area (Å²) in [5.41, 5.74) is 1.51. The highest BCUT2D eigenvalue weighted by Gasteiger charge is 2.55. The van der Waals surface area contributed by atoms with E-state index in [0.717, 1.165) is 36.6 Å². The normalized spacial score (nSPS) is 20.7. The van der Waals surface area contributed by atoms with Crippen molar-refractivity contribution in [2.75, 3.05) is 5.32 Å². The lowest BCUT2D eigenvalue weighted by molar-refractivity contribution is -0.121. The lowest BCUT2D eigenvalue weighted by atomic mass is 9.83. The zero-order valence-corrected chi connectivity index (χ0v) is 17.2. The molecule has 2 heterocycles. The second kappa shape index (κ2) is 5.77. The minimum Gasteiger partial charge on any atom is -0.310 e. The summed E-state index contributed by atoms with van der Waals surface area (Å²) in [6.07, 6.45) is 3.04. The van der Waals surface area contributed by atoms with Crippen molar-refractivity contribution in [3.8, 4) is 0 Å². The van der Waals surface area contributed by atoms with Gasteiger partial charge in [-0.25, -0.2) is 0 Å². The van der Waals surface area contributed by atoms with Crippen molar-refractivity contribution in [2.24, 2.45) is 0 Å². The average molecular weight is 363 g/mol. The largest absolute Gasteiger partial charge is 0.310 e. The molecule has 1 aromatic heterocycles. The Morgan fingerprint density at radius 1 is 1.32 bits per heavy atom. The van der Waals surface area contributed by atoms with Gasteiger partial charge in [-0.1, -0.05) is 32.5 Å². The van der Waals surface area contributed by atoms with Gasteiger partial charge in [0.25, 0.3) is 0 Å². The fourth-order valence-corrected chi connectivity index (χ4v) is 7.24. The van der Waals surface area contributed by atoms with Crippen LogP contribution in [0.3, 0.4) is 0 Å². The number of hydrogen-bond donors (Lipinski definition) is 2. The van der Waals surface area contributed by atoms with E-state index in [1.54, 1.807) is 0 Å². The predicted octanol–water partition coefficient (Wildman–Crippen LogP) is 3.47. The number of rotatable bonds is 4. The number of hydrogen-bond acceptors (Lipinski definition) is 4. The van der Waals surface area contributed by atoms with E-state index < -0.39 is 8.07 Å². The van der Waals surface area contributed by atoms with E-state index in [-0.39, 0.29) is 22.4 Å². The van der Waals surface area contributed by atoms with E-state index in [1.165, 1.54) is 11.6 Å². The van der Waals surface area contributed by atoms with Crippen molar-refractivity contribution < 1.29 is 9.59 Å². The molecule has 0 atom stereocenters. The first kappa shape index (κ1) is 18.3. The maximum Gasteiger partial charge on any atom is 0.245 e. The molecule has 25 heavy (non-hydrogen) atoms. The van der Waals surface area contributed by atoms with E-state index >= 15 is 0 Å². The molecule has 2 aliphatic rings. The Morgan fingerprint density at radius 2 is 1.96 bits per heavy atom. The molecule has 1 aliphatic heterocycles. The monoisotopic (exact) mass is 362 g/mol. The molecule has 1 aliphatic carbocycles. The highest BCUT2D eigenvalue weighted by molar-refractivity contribution is 6.84. The van der Waals surface area contributed by atoms with Crippen LogP contribution >= 0.6 is 0 Å². The lowest BCUT2D eigenvalue weighted by Gasteiger charge is -2.50. The van der Waals surface area contributed by atoms with Gasteiger partial charge in [0.1, 0.15) is 5.82 Å². The van der Waals surface area contributed by atoms with E-state index in [9.17, 15) is 9.59 Å². The number of carbonyl (C=O) groups excluding carboxylic acids is 2. The van der Waals surface area contributed by atoms with E-state index in [1.807, 2.05) is 13.8 Å². The van der Waals surface area contributed by atoms with Crippen molar-refractivity contribution >= 4 is 25.7 Å². The molecule has 2 N–H and O–H groups in total. The number of nitrogens with zero attached hydrogens (tertiary/aromatic N) is 2. The number of fused-ring (bicyclic) bond motifs is 1. The third kappa shape index (κ3) is 2.59. The first-order valence-corrected chi connectivity index (χ1v) is 12.5. The smallest absolute Gasteiger partial charge is 0.245 e. The van der Waals surface area contributed by atoms with E-state index in [2.05, 4.69) is 35.8 Å². The van der Waals surface area contributed by atoms with Crippen LogP contribution in [0.4, 0.5) is 5.82 Å². The summed E-state index contributed by atoms with van der Waals surface area (Å²) < 4.78 is 1.37. The Labute approximate surface area is 150 Å². The van der Waals surface area contributed by atoms with Gasteiger partial charge in [0.15, 0.2) is 0 Å². The van der Waals surface area contributed by atoms with Gasteiger partial charge in [0.2, 0.25) is 11.8 Å². The molecule has 0 aromatic carbocycles. The number of aromatic nitrogens is 2. The van der Waals surface area contributed by atoms with Gasteiger partial charge in [0.05, 0.1) is 19.3 Å². The minimum absolute atomic E-state index is 0.0900. The minimum atomic E-state index is -1.68. The van der Waals surface area contributed by atoms with Gasteiger partial charge in [-0.15, -0.1) is 0 Å². The van der Waals surface area contributed by atoms with Crippen LogP contribution in [0.2, 0.25) is 24.2 Å². The van der Waals surface area contributed by atoms with Crippen LogP contribution in [-0.2, 0) is 16.9 Å². The van der Waals surface area contributed by atoms with Crippen LogP contribution in [-0.4, -0.2) is 29.7 Å². The molecule has 138 valence electrons. The van der Waals surface area contributed by atoms with E-state index in [4.69, 9.17) is 0 Å². The van der Waals surface area contributed by atoms with Crippen molar-refractivity contribution in [1.29, 1.82) is 0 Å². The van der Waals surface area contributed by atoms with Gasteiger partial charge in [-0.05, 0) is 26.7 Å². The Morgan fingerprint density at radius 3 is 2.44 bits per heavy atom. The van der Waals surface area contributed by atoms with Crippen LogP contribution in [0.1, 0.15) is 63.0 Å². The van der Waals surface area contributed by atoms with Crippen molar-refractivity contribution in [1.82, 2.24) is 15.1 Å². The van der Waals surface area contributed by atoms with Crippen LogP contribution in [0.25, 0.3) is 0 Å². The second-order valence-electron chi connectivity index (χ2n) is 8.71. The highest BCUT2D eigenvalue weighted by Crippen LogP contribution is 2.57. The van der Waals surface area contributed by atoms with Crippen LogP contribution in [0.15, 0.2) is 0 Å². The zero-order chi connectivity index (χ0) is 18.6. The molecule has 0 spiro atoms. The molecule has 7 heteroatoms. The predicted molar refractivity (Wildman–Crippen MR) is 102 cm³/mol. The molecule has 1 aromatic rings. The Hall–Kier alpha value is -1.47. The second-order valence-corrected chi connectivity index (χ2v) is 14.1. The summed E-state index contributed by atoms with van der Waals surface area (Å²) in [4.78, 5) is 25.4. The summed E-state index contributed by atoms with van der Waals surface area (Å²) in [5.74, 6) is 0.486. The maximum absolute atomic E-state index is 13.3. The molecule has 0 radical (unpaired) electrons. The van der Waals surface area contributed by atoms with Gasteiger partial charge in [0, 0.05) is 24.1 Å². The third-order valence-electron chi connectivity index (χ3n) is 6.63. The van der Waals surface area contributed by atoms with Gasteiger partial charge < -0.3 is 10.6 Å². The molecule has 6 nitrogen and oxygen atoms in total. The number of carbonyl (C=O) groups is 2. The van der Waals surface area contributed by atoms with Crippen LogP contribution in [0.5, 0.6) is 0 Å². The van der Waals surface area contributed by atoms with Crippen molar-refractivity contribution in [3.63, 3.8) is 0 Å². The Bertz CT molecular complexity index is 732. The number of amides is 1. The lowest BCUT2D eigenvalue weighted by Crippen LogP contribution is -2.53. The summed E-state index contributed by atoms with van der Waals surface area (Å²) in [6, 6.07) is 1.08. The van der Waals surface area contributed by atoms with Gasteiger partial charge in [-0.3, -0.25) is 9.59 Å². The highest BCUT2D eigenvalue weighted by atomic mass is 28.3. The fraction of sp³-hybridized carbons (Fsp3) is 0.722. The molecular formula is C18H30N4O2Si. The first-order valence-electron chi connectivity index (χ1n) is 9.25. The average Bonchev–Trinajstić information content (AvgIpc) is 2.96. The SMILES string of the molecule is CC[Si](C)(C)C1(C(=O)Nc2c3c(nn2C(C)=O)C(C)(C)NC3)CCC1. The van der Waals surface area contributed by atoms with Crippen molar-refractivity contribution in [3.05, 3.63) is 11.3 Å². The molecule has 3 rings (SSSR count). The molecule has 0 unspecified atom stereocenters. The number of nitrogens with one attached hydrogen (secondary N) is 2. The maximum atomic E-state index is 13.3. The van der Waals surface area contributed by atoms with Crippen LogP contribution < -0.4 is 10.6 Å². The summed E-state index contributed by atoms with van der Waals surface area (Å²) in [6.45, 7) is 13.0. The quantitative estimate of drug-likeness (QED) is 0.804. The van der Waals surface area contributed by atoms with Crippen LogP contribution in [0, 0.1) is 0 Å². The summed E-state index contributed by atoms with van der Waals surface area (Å²) in [7, 11) is -1.68. The number of anilines is 1. The van der Waals surface area contributed by atoms with E-state index in [0.29, 0.717) is 12.4 Å². The van der Waals surface area contributed by atoms with Gasteiger partial charge in [-0.2, -0.15) is 9.78 Å². The zero-order valence-electron chi connectivity index (χ0n) is 16.2. The fourth-order valence-electron chi connectivity index (χ4n) is 4.18. The molecule has 0 saturated heterocycles. The standard InChI is InChI=1S/C18H30N4O2Si/c1-7-25(5,6)18(9-8-10-18)16(24)20-15-13-11-19-17(3,4)14(13)21-22(15)12(2)23/h19H,7-11H2,1-6H3,(H,20,24). The summed E-state index contributed by atoms with van der Waals surface area (Å²) in [5, 5.41) is 10.8. The summed E-state index contributed by atoms with van der Waals surface area (Å²) >= 11 is 0. The molecule has 0 bridgehead atoms. The Balaban J connectivity index is 1.99. The molecule has 1 fully saturated rings. The molecule has 1 saturated carbocycles. The first-order chi connectivity index (χ1) is 11.6. The molecule has 1 amide bonds. The Kier molecular flexibility index (Phi) is 4.23.